The van der Waals surface area contributed by atoms with E-state index in [0.29, 0.717) is 12.8 Å². The summed E-state index contributed by atoms with van der Waals surface area (Å²) in [6.07, 6.45) is 1.41. The van der Waals surface area contributed by atoms with Gasteiger partial charge in [0.05, 0.1) is 22.9 Å². The van der Waals surface area contributed by atoms with E-state index in [2.05, 4.69) is 3.53 Å². The van der Waals surface area contributed by atoms with E-state index in [1.165, 1.54) is 12.1 Å². The minimum atomic E-state index is -0.824. The van der Waals surface area contributed by atoms with Crippen molar-refractivity contribution in [2.24, 2.45) is 5.41 Å². The van der Waals surface area contributed by atoms with Gasteiger partial charge in [-0.25, -0.2) is 4.39 Å². The van der Waals surface area contributed by atoms with Crippen molar-refractivity contribution in [3.8, 4) is 0 Å². The van der Waals surface area contributed by atoms with Crippen LogP contribution < -0.4 is 3.53 Å². The minimum Gasteiger partial charge on any atom is -0.298 e. The maximum atomic E-state index is 12.7. The Bertz CT molecular complexity index is 454. The summed E-state index contributed by atoms with van der Waals surface area (Å²) in [6.45, 7) is 0. The van der Waals surface area contributed by atoms with E-state index in [1.807, 2.05) is 0 Å². The average Bonchev–Trinajstić information content (AvgIpc) is 3.12. The molecule has 0 aromatic heterocycles. The highest BCUT2D eigenvalue weighted by Crippen LogP contribution is 2.47. The number of nitrogens with one attached hydrogen (secondary N) is 1. The van der Waals surface area contributed by atoms with Crippen LogP contribution in [-0.4, -0.2) is 11.7 Å². The van der Waals surface area contributed by atoms with Crippen LogP contribution in [0.25, 0.3) is 0 Å². The Labute approximate surface area is 112 Å². The Hall–Kier alpha value is -0.980. The first-order valence-corrected chi connectivity index (χ1v) is 6.35. The highest BCUT2D eigenvalue weighted by molar-refractivity contribution is 14.1. The van der Waals surface area contributed by atoms with Gasteiger partial charge >= 0.3 is 0 Å². The van der Waals surface area contributed by atoms with E-state index in [-0.39, 0.29) is 23.9 Å². The number of hydrogen-bond donors (Lipinski definition) is 1. The molecule has 1 N–H and O–H groups in total. The second-order valence-corrected chi connectivity index (χ2v) is 4.77. The first-order chi connectivity index (χ1) is 8.08. The largest absolute Gasteiger partial charge is 0.298 e. The van der Waals surface area contributed by atoms with Crippen LogP contribution in [0.4, 0.5) is 4.39 Å². The van der Waals surface area contributed by atoms with Crippen molar-refractivity contribution in [1.29, 1.82) is 0 Å². The van der Waals surface area contributed by atoms with Crippen molar-refractivity contribution in [3.05, 3.63) is 35.6 Å². The summed E-state index contributed by atoms with van der Waals surface area (Å²) in [6, 6.07) is 5.79. The topological polar surface area (TPSA) is 46.2 Å². The van der Waals surface area contributed by atoms with Gasteiger partial charge in [-0.3, -0.25) is 13.1 Å². The van der Waals surface area contributed by atoms with Crippen LogP contribution in [0.1, 0.15) is 18.4 Å². The Balaban J connectivity index is 2.07. The van der Waals surface area contributed by atoms with Crippen LogP contribution in [0, 0.1) is 11.2 Å². The maximum Gasteiger partial charge on any atom is 0.242 e. The van der Waals surface area contributed by atoms with Crippen LogP contribution in [0.3, 0.4) is 0 Å². The molecule has 1 aliphatic carbocycles. The highest BCUT2D eigenvalue weighted by Gasteiger charge is 2.55. The van der Waals surface area contributed by atoms with E-state index >= 15 is 0 Å². The fourth-order valence-electron chi connectivity index (χ4n) is 1.80. The van der Waals surface area contributed by atoms with Gasteiger partial charge in [0.15, 0.2) is 5.78 Å². The Kier molecular flexibility index (Phi) is 3.46. The molecule has 0 bridgehead atoms. The number of ketones is 1. The molecule has 1 fully saturated rings. The molecule has 90 valence electrons. The van der Waals surface area contributed by atoms with Gasteiger partial charge in [-0.1, -0.05) is 12.1 Å². The molecule has 1 aromatic carbocycles. The lowest BCUT2D eigenvalue weighted by atomic mass is 9.94. The smallest absolute Gasteiger partial charge is 0.242 e. The first-order valence-electron chi connectivity index (χ1n) is 5.27. The Morgan fingerprint density at radius 1 is 1.29 bits per heavy atom. The molecular formula is C12H11FINO2. The number of halogens is 2. The van der Waals surface area contributed by atoms with Crippen LogP contribution in [0.15, 0.2) is 24.3 Å². The fourth-order valence-corrected chi connectivity index (χ4v) is 2.32. The summed E-state index contributed by atoms with van der Waals surface area (Å²) in [5.74, 6) is -0.629. The van der Waals surface area contributed by atoms with E-state index in [9.17, 15) is 14.0 Å². The van der Waals surface area contributed by atoms with E-state index in [4.69, 9.17) is 0 Å². The number of hydrogen-bond acceptors (Lipinski definition) is 2. The van der Waals surface area contributed by atoms with Crippen molar-refractivity contribution in [2.45, 2.75) is 19.3 Å². The lowest BCUT2D eigenvalue weighted by molar-refractivity contribution is -0.134. The third-order valence-electron chi connectivity index (χ3n) is 3.08. The first kappa shape index (κ1) is 12.5. The van der Waals surface area contributed by atoms with Gasteiger partial charge < -0.3 is 0 Å². The van der Waals surface area contributed by atoms with Crippen molar-refractivity contribution >= 4 is 34.6 Å². The third-order valence-corrected chi connectivity index (χ3v) is 3.57. The monoisotopic (exact) mass is 347 g/mol. The van der Waals surface area contributed by atoms with E-state index < -0.39 is 5.41 Å². The van der Waals surface area contributed by atoms with Crippen LogP contribution in [0.5, 0.6) is 0 Å². The summed E-state index contributed by atoms with van der Waals surface area (Å²) in [5, 5.41) is 0. The van der Waals surface area contributed by atoms with Crippen LogP contribution >= 0.6 is 22.9 Å². The molecule has 3 nitrogen and oxygen atoms in total. The zero-order chi connectivity index (χ0) is 12.5. The molecule has 0 heterocycles. The number of Topliss-reactive ketones (excluding diaryl/α,β-unsaturated/α-hetero) is 1. The molecule has 2 rings (SSSR count). The second kappa shape index (κ2) is 4.72. The standard InChI is InChI=1S/C12H11FINO2/c13-9-3-1-8(2-4-9)7-10(16)12(5-6-12)11(17)15-14/h1-4H,5-7H2,(H,15,17). The third kappa shape index (κ3) is 2.48. The van der Waals surface area contributed by atoms with E-state index in [1.54, 1.807) is 35.0 Å². The summed E-state index contributed by atoms with van der Waals surface area (Å²) >= 11 is 1.75. The van der Waals surface area contributed by atoms with Gasteiger partial charge in [-0.2, -0.15) is 0 Å². The Morgan fingerprint density at radius 3 is 2.35 bits per heavy atom. The summed E-state index contributed by atoms with van der Waals surface area (Å²) in [4.78, 5) is 23.6. The van der Waals surface area contributed by atoms with E-state index in [0.717, 1.165) is 5.56 Å². The lowest BCUT2D eigenvalue weighted by Gasteiger charge is -2.11. The number of benzene rings is 1. The summed E-state index contributed by atoms with van der Waals surface area (Å²) < 4.78 is 15.2. The number of rotatable bonds is 4. The van der Waals surface area contributed by atoms with Crippen molar-refractivity contribution in [2.75, 3.05) is 0 Å². The molecule has 0 unspecified atom stereocenters. The zero-order valence-electron chi connectivity index (χ0n) is 9.00. The molecule has 0 saturated heterocycles. The molecule has 1 saturated carbocycles. The van der Waals surface area contributed by atoms with Crippen LogP contribution in [0.2, 0.25) is 0 Å². The van der Waals surface area contributed by atoms with Gasteiger partial charge in [0.25, 0.3) is 0 Å². The summed E-state index contributed by atoms with van der Waals surface area (Å²) in [5.41, 5.74) is -0.0841. The molecule has 5 heteroatoms. The van der Waals surface area contributed by atoms with Crippen molar-refractivity contribution < 1.29 is 14.0 Å². The minimum absolute atomic E-state index is 0.0849. The van der Waals surface area contributed by atoms with Gasteiger partial charge in [0.1, 0.15) is 11.2 Å². The van der Waals surface area contributed by atoms with Gasteiger partial charge in [0.2, 0.25) is 5.91 Å². The molecule has 1 aliphatic rings. The predicted molar refractivity (Wildman–Crippen MR) is 68.9 cm³/mol. The molecule has 17 heavy (non-hydrogen) atoms. The number of amides is 1. The molecule has 1 aromatic rings. The SMILES string of the molecule is O=C(Cc1ccc(F)cc1)C1(C(=O)NI)CC1. The predicted octanol–water partition coefficient (Wildman–Crippen LogP) is 2.18. The van der Waals surface area contributed by atoms with Gasteiger partial charge in [-0.05, 0) is 30.5 Å². The quantitative estimate of drug-likeness (QED) is 0.516. The zero-order valence-corrected chi connectivity index (χ0v) is 11.2. The molecule has 1 amide bonds. The number of carbonyl (C=O) groups excluding carboxylic acids is 2. The molecule has 0 spiro atoms. The fraction of sp³-hybridized carbons (Fsp3) is 0.333. The lowest BCUT2D eigenvalue weighted by Crippen LogP contribution is -2.33. The molecular weight excluding hydrogens is 336 g/mol. The molecule has 0 aliphatic heterocycles. The number of carbonyl (C=O) groups is 2. The Morgan fingerprint density at radius 2 is 1.88 bits per heavy atom. The van der Waals surface area contributed by atoms with Gasteiger partial charge in [-0.15, -0.1) is 0 Å². The maximum absolute atomic E-state index is 12.7. The van der Waals surface area contributed by atoms with Gasteiger partial charge in [0, 0.05) is 6.42 Å². The normalized spacial score (nSPS) is 16.4. The van der Waals surface area contributed by atoms with Crippen LogP contribution in [-0.2, 0) is 16.0 Å². The molecule has 0 radical (unpaired) electrons. The molecule has 0 atom stereocenters. The second-order valence-electron chi connectivity index (χ2n) is 4.23. The summed E-state index contributed by atoms with van der Waals surface area (Å²) in [7, 11) is 0. The highest BCUT2D eigenvalue weighted by atomic mass is 127. The average molecular weight is 347 g/mol. The van der Waals surface area contributed by atoms with Crippen molar-refractivity contribution in [1.82, 2.24) is 3.53 Å². The van der Waals surface area contributed by atoms with Crippen molar-refractivity contribution in [3.63, 3.8) is 0 Å².